The van der Waals surface area contributed by atoms with Gasteiger partial charge in [-0.15, -0.1) is 11.3 Å². The summed E-state index contributed by atoms with van der Waals surface area (Å²) >= 11 is 1.21. The summed E-state index contributed by atoms with van der Waals surface area (Å²) in [5, 5.41) is 4.80. The lowest BCUT2D eigenvalue weighted by atomic mass is 10.0. The maximum atomic E-state index is 12.5. The van der Waals surface area contributed by atoms with Gasteiger partial charge in [0.15, 0.2) is 6.61 Å². The molecule has 2 unspecified atom stereocenters. The molecule has 29 heavy (non-hydrogen) atoms. The van der Waals surface area contributed by atoms with Crippen LogP contribution in [0.2, 0.25) is 0 Å². The van der Waals surface area contributed by atoms with Crippen molar-refractivity contribution >= 4 is 34.2 Å². The third-order valence-electron chi connectivity index (χ3n) is 4.68. The number of carbonyl (C=O) groups is 3. The summed E-state index contributed by atoms with van der Waals surface area (Å²) in [5.74, 6) is -0.490. The van der Waals surface area contributed by atoms with Gasteiger partial charge in [-0.3, -0.25) is 9.59 Å². The number of ether oxygens (including phenoxy) is 3. The molecule has 1 saturated carbocycles. The molecular weight excluding hydrogens is 394 g/mol. The maximum absolute atomic E-state index is 12.5. The predicted molar refractivity (Wildman–Crippen MR) is 109 cm³/mol. The van der Waals surface area contributed by atoms with Crippen molar-refractivity contribution in [2.24, 2.45) is 11.8 Å². The molecule has 1 fully saturated rings. The first-order valence-corrected chi connectivity index (χ1v) is 10.2. The second-order valence-electron chi connectivity index (χ2n) is 6.78. The molecule has 1 aromatic carbocycles. The van der Waals surface area contributed by atoms with E-state index in [2.05, 4.69) is 5.32 Å². The van der Waals surface area contributed by atoms with Crippen molar-refractivity contribution in [3.63, 3.8) is 0 Å². The molecule has 0 bridgehead atoms. The fourth-order valence-corrected chi connectivity index (χ4v) is 3.87. The van der Waals surface area contributed by atoms with Gasteiger partial charge in [0.25, 0.3) is 5.91 Å². The molecule has 3 rings (SSSR count). The number of anilines is 1. The Labute approximate surface area is 173 Å². The molecule has 0 aliphatic heterocycles. The molecule has 8 heteroatoms. The van der Waals surface area contributed by atoms with Gasteiger partial charge in [-0.05, 0) is 37.0 Å². The van der Waals surface area contributed by atoms with E-state index < -0.39 is 11.9 Å². The Hall–Kier alpha value is -2.87. The number of amides is 1. The van der Waals surface area contributed by atoms with Crippen LogP contribution in [0.15, 0.2) is 29.6 Å². The monoisotopic (exact) mass is 417 g/mol. The minimum absolute atomic E-state index is 0.110. The number of methoxy groups -OCH3 is 1. The van der Waals surface area contributed by atoms with Crippen LogP contribution in [0.4, 0.5) is 5.00 Å². The van der Waals surface area contributed by atoms with E-state index in [9.17, 15) is 14.4 Å². The Morgan fingerprint density at radius 3 is 2.45 bits per heavy atom. The van der Waals surface area contributed by atoms with Gasteiger partial charge in [0.2, 0.25) is 0 Å². The largest absolute Gasteiger partial charge is 0.497 e. The average Bonchev–Trinajstić information content (AvgIpc) is 3.31. The quantitative estimate of drug-likeness (QED) is 0.658. The first kappa shape index (κ1) is 20.9. The van der Waals surface area contributed by atoms with E-state index in [1.54, 1.807) is 31.5 Å². The average molecular weight is 417 g/mol. The van der Waals surface area contributed by atoms with E-state index in [1.165, 1.54) is 11.3 Å². The van der Waals surface area contributed by atoms with Crippen LogP contribution in [0.5, 0.6) is 5.75 Å². The van der Waals surface area contributed by atoms with Crippen LogP contribution in [0.1, 0.15) is 30.6 Å². The molecule has 1 amide bonds. The van der Waals surface area contributed by atoms with Crippen molar-refractivity contribution in [1.82, 2.24) is 0 Å². The highest BCUT2D eigenvalue weighted by Crippen LogP contribution is 2.39. The number of benzene rings is 1. The first-order valence-electron chi connectivity index (χ1n) is 9.34. The predicted octanol–water partition coefficient (Wildman–Crippen LogP) is 3.74. The van der Waals surface area contributed by atoms with Crippen molar-refractivity contribution in [3.05, 3.63) is 35.2 Å². The summed E-state index contributed by atoms with van der Waals surface area (Å²) in [4.78, 5) is 36.6. The fraction of sp³-hybridized carbons (Fsp3) is 0.381. The van der Waals surface area contributed by atoms with Crippen molar-refractivity contribution < 1.29 is 28.6 Å². The minimum Gasteiger partial charge on any atom is -0.497 e. The standard InChI is InChI=1S/C21H23NO6S/c1-4-27-21(25)18-16(13-5-7-14(26-3)8-6-13)11-29-19(18)22-17(23)10-28-20(24)15-9-12(15)2/h5-8,11-12,15H,4,9-10H2,1-3H3,(H,22,23). The van der Waals surface area contributed by atoms with Gasteiger partial charge in [-0.2, -0.15) is 0 Å². The highest BCUT2D eigenvalue weighted by Gasteiger charge is 2.40. The Morgan fingerprint density at radius 1 is 1.17 bits per heavy atom. The molecule has 154 valence electrons. The van der Waals surface area contributed by atoms with Gasteiger partial charge >= 0.3 is 11.9 Å². The summed E-state index contributed by atoms with van der Waals surface area (Å²) < 4.78 is 15.4. The molecule has 7 nitrogen and oxygen atoms in total. The van der Waals surface area contributed by atoms with Crippen molar-refractivity contribution in [2.75, 3.05) is 25.6 Å². The minimum atomic E-state index is -0.529. The maximum Gasteiger partial charge on any atom is 0.341 e. The molecule has 0 saturated heterocycles. The first-order chi connectivity index (χ1) is 13.9. The zero-order valence-corrected chi connectivity index (χ0v) is 17.3. The number of carbonyl (C=O) groups excluding carboxylic acids is 3. The molecular formula is C21H23NO6S. The van der Waals surface area contributed by atoms with Crippen LogP contribution < -0.4 is 10.1 Å². The number of thiophene rings is 1. The van der Waals surface area contributed by atoms with Gasteiger partial charge in [0.05, 0.1) is 19.6 Å². The second kappa shape index (κ2) is 9.09. The summed E-state index contributed by atoms with van der Waals surface area (Å²) in [6.45, 7) is 3.50. The SMILES string of the molecule is CCOC(=O)c1c(-c2ccc(OC)cc2)csc1NC(=O)COC(=O)C1CC1C. The van der Waals surface area contributed by atoms with E-state index >= 15 is 0 Å². The zero-order chi connectivity index (χ0) is 21.0. The lowest BCUT2D eigenvalue weighted by Crippen LogP contribution is -2.22. The van der Waals surface area contributed by atoms with Gasteiger partial charge in [-0.25, -0.2) is 4.79 Å². The molecule has 1 N–H and O–H groups in total. The Balaban J connectivity index is 1.76. The van der Waals surface area contributed by atoms with Gasteiger partial charge < -0.3 is 19.5 Å². The normalized spacial score (nSPS) is 17.3. The Bertz CT molecular complexity index is 904. The number of hydrogen-bond acceptors (Lipinski definition) is 7. The lowest BCUT2D eigenvalue weighted by Gasteiger charge is -2.09. The lowest BCUT2D eigenvalue weighted by molar-refractivity contribution is -0.148. The number of rotatable bonds is 8. The summed E-state index contributed by atoms with van der Waals surface area (Å²) in [5.41, 5.74) is 1.72. The van der Waals surface area contributed by atoms with Crippen LogP contribution in [-0.2, 0) is 19.1 Å². The van der Waals surface area contributed by atoms with E-state index in [0.29, 0.717) is 22.2 Å². The smallest absolute Gasteiger partial charge is 0.341 e. The summed E-state index contributed by atoms with van der Waals surface area (Å²) in [7, 11) is 1.58. The number of hydrogen-bond donors (Lipinski definition) is 1. The van der Waals surface area contributed by atoms with E-state index in [-0.39, 0.29) is 30.7 Å². The van der Waals surface area contributed by atoms with Crippen molar-refractivity contribution in [2.45, 2.75) is 20.3 Å². The van der Waals surface area contributed by atoms with Crippen LogP contribution >= 0.6 is 11.3 Å². The molecule has 2 atom stereocenters. The van der Waals surface area contributed by atoms with Crippen LogP contribution in [0.3, 0.4) is 0 Å². The third kappa shape index (κ3) is 4.95. The Morgan fingerprint density at radius 2 is 1.86 bits per heavy atom. The molecule has 2 aromatic rings. The number of nitrogens with one attached hydrogen (secondary N) is 1. The fourth-order valence-electron chi connectivity index (χ4n) is 2.90. The number of esters is 2. The molecule has 1 aliphatic carbocycles. The second-order valence-corrected chi connectivity index (χ2v) is 7.66. The van der Waals surface area contributed by atoms with E-state index in [0.717, 1.165) is 12.0 Å². The topological polar surface area (TPSA) is 90.9 Å². The van der Waals surface area contributed by atoms with Crippen molar-refractivity contribution in [3.8, 4) is 16.9 Å². The van der Waals surface area contributed by atoms with Gasteiger partial charge in [-0.1, -0.05) is 19.1 Å². The molecule has 1 aromatic heterocycles. The zero-order valence-electron chi connectivity index (χ0n) is 16.5. The van der Waals surface area contributed by atoms with Crippen LogP contribution in [-0.4, -0.2) is 38.2 Å². The third-order valence-corrected chi connectivity index (χ3v) is 5.58. The van der Waals surface area contributed by atoms with Gasteiger partial charge in [0, 0.05) is 10.9 Å². The molecule has 1 heterocycles. The van der Waals surface area contributed by atoms with Crippen LogP contribution in [0.25, 0.3) is 11.1 Å². The van der Waals surface area contributed by atoms with Gasteiger partial charge in [0.1, 0.15) is 16.3 Å². The molecule has 0 spiro atoms. The van der Waals surface area contributed by atoms with Crippen LogP contribution in [0, 0.1) is 11.8 Å². The van der Waals surface area contributed by atoms with Crippen molar-refractivity contribution in [1.29, 1.82) is 0 Å². The Kier molecular flexibility index (Phi) is 6.53. The molecule has 1 aliphatic rings. The molecule has 0 radical (unpaired) electrons. The highest BCUT2D eigenvalue weighted by molar-refractivity contribution is 7.15. The summed E-state index contributed by atoms with van der Waals surface area (Å²) in [6, 6.07) is 7.23. The van der Waals surface area contributed by atoms with E-state index in [4.69, 9.17) is 14.2 Å². The summed E-state index contributed by atoms with van der Waals surface area (Å²) in [6.07, 6.45) is 0.795. The van der Waals surface area contributed by atoms with E-state index in [1.807, 2.05) is 19.1 Å². The highest BCUT2D eigenvalue weighted by atomic mass is 32.1.